The minimum atomic E-state index is -1.70. The van der Waals surface area contributed by atoms with Crippen molar-refractivity contribution in [2.24, 2.45) is 46.2 Å². The lowest BCUT2D eigenvalue weighted by Crippen LogP contribution is -2.82. The van der Waals surface area contributed by atoms with E-state index in [9.17, 15) is 24.6 Å². The first kappa shape index (κ1) is 35.7. The Morgan fingerprint density at radius 2 is 1.82 bits per heavy atom. The van der Waals surface area contributed by atoms with E-state index in [1.807, 2.05) is 0 Å². The van der Waals surface area contributed by atoms with Crippen molar-refractivity contribution in [2.75, 3.05) is 53.5 Å². The van der Waals surface area contributed by atoms with E-state index in [4.69, 9.17) is 29.4 Å². The van der Waals surface area contributed by atoms with E-state index >= 15 is 0 Å². The van der Waals surface area contributed by atoms with Crippen LogP contribution in [0.5, 0.6) is 0 Å². The number of methoxy groups -OCH3 is 4. The van der Waals surface area contributed by atoms with E-state index < -0.39 is 57.9 Å². The van der Waals surface area contributed by atoms with Gasteiger partial charge in [0.25, 0.3) is 0 Å². The molecule has 14 atom stereocenters. The number of anilines is 1. The van der Waals surface area contributed by atoms with Crippen LogP contribution in [0.25, 0.3) is 0 Å². The van der Waals surface area contributed by atoms with Crippen LogP contribution in [0.1, 0.15) is 56.3 Å². The molecule has 7 bridgehead atoms. The fourth-order valence-electron chi connectivity index (χ4n) is 12.7. The van der Waals surface area contributed by atoms with Gasteiger partial charge >= 0.3 is 5.97 Å². The van der Waals surface area contributed by atoms with Gasteiger partial charge in [0, 0.05) is 82.3 Å². The molecule has 2 amide bonds. The van der Waals surface area contributed by atoms with Crippen molar-refractivity contribution in [3.8, 4) is 0 Å². The number of para-hydroxylation sites is 1. The maximum Gasteiger partial charge on any atom is 0.340 e. The van der Waals surface area contributed by atoms with Crippen LogP contribution in [0.2, 0.25) is 0 Å². The number of primary amides is 1. The number of rotatable bonds is 12. The van der Waals surface area contributed by atoms with Crippen LogP contribution in [0.3, 0.4) is 0 Å². The molecule has 0 radical (unpaired) electrons. The van der Waals surface area contributed by atoms with Crippen molar-refractivity contribution in [1.29, 1.82) is 0 Å². The molecule has 1 aliphatic heterocycles. The summed E-state index contributed by atoms with van der Waals surface area (Å²) in [6.45, 7) is 4.84. The topological polar surface area (TPSA) is 179 Å². The highest BCUT2D eigenvalue weighted by molar-refractivity contribution is 6.02. The number of carbonyl (C=O) groups excluding carboxylic acids is 3. The molecule has 13 heteroatoms. The summed E-state index contributed by atoms with van der Waals surface area (Å²) < 4.78 is 31.3. The summed E-state index contributed by atoms with van der Waals surface area (Å²) in [5.74, 6) is -3.02. The second-order valence-electron chi connectivity index (χ2n) is 15.9. The molecule has 1 aromatic rings. The normalized spacial score (nSPS) is 44.4. The lowest BCUT2D eigenvalue weighted by molar-refractivity contribution is -0.320. The van der Waals surface area contributed by atoms with Gasteiger partial charge in [-0.2, -0.15) is 0 Å². The predicted molar refractivity (Wildman–Crippen MR) is 180 cm³/mol. The molecule has 5 aliphatic carbocycles. The Morgan fingerprint density at radius 3 is 2.46 bits per heavy atom. The van der Waals surface area contributed by atoms with Crippen molar-refractivity contribution in [3.05, 3.63) is 29.8 Å². The number of hydrogen-bond acceptors (Lipinski definition) is 11. The number of likely N-dealkylation sites (N-methyl/N-ethyl adjacent to an activating group) is 1. The van der Waals surface area contributed by atoms with Gasteiger partial charge in [-0.25, -0.2) is 4.79 Å². The number of carbonyl (C=O) groups is 3. The Labute approximate surface area is 293 Å². The van der Waals surface area contributed by atoms with Crippen molar-refractivity contribution in [2.45, 2.75) is 87.6 Å². The SMILES string of the molecule is CCN1C[C@@]2(COC(=O)c3ccccc3NC(=O)[C@H](C)CC(N)=O)CC[C@@H](OC)[C@]34[C@@H]1[C@](O)([C@@H](OC)[C@@H]23)[C@@]1(O)C[C@H](OC)[C@H]2C[C@H]4[C@@H]1[C@H]2OC. The molecule has 7 rings (SSSR count). The summed E-state index contributed by atoms with van der Waals surface area (Å²) in [5.41, 5.74) is 1.21. The predicted octanol–water partition coefficient (Wildman–Crippen LogP) is 1.59. The summed E-state index contributed by atoms with van der Waals surface area (Å²) >= 11 is 0. The molecular weight excluding hydrogens is 646 g/mol. The van der Waals surface area contributed by atoms with Crippen molar-refractivity contribution >= 4 is 23.5 Å². The molecule has 13 nitrogen and oxygen atoms in total. The number of benzene rings is 1. The second kappa shape index (κ2) is 12.5. The number of ether oxygens (including phenoxy) is 5. The molecule has 0 unspecified atom stereocenters. The van der Waals surface area contributed by atoms with Crippen LogP contribution < -0.4 is 11.1 Å². The quantitative estimate of drug-likeness (QED) is 0.233. The molecular formula is C37H53N3O10. The molecule has 1 aromatic carbocycles. The van der Waals surface area contributed by atoms with Crippen molar-refractivity contribution < 1.29 is 48.3 Å². The molecule has 1 spiro atoms. The Morgan fingerprint density at radius 1 is 1.08 bits per heavy atom. The second-order valence-corrected chi connectivity index (χ2v) is 15.9. The summed E-state index contributed by atoms with van der Waals surface area (Å²) in [6, 6.07) is 6.16. The number of amides is 2. The van der Waals surface area contributed by atoms with Crippen LogP contribution in [0, 0.1) is 40.4 Å². The molecule has 1 saturated heterocycles. The molecule has 6 fully saturated rings. The summed E-state index contributed by atoms with van der Waals surface area (Å²) in [4.78, 5) is 40.5. The van der Waals surface area contributed by atoms with Crippen LogP contribution in [-0.4, -0.2) is 123 Å². The standard InChI is InChI=1S/C37H53N3O10/c1-7-40-17-34(18-50-32(43)20-10-8-9-11-23(20)39-31(42)19(2)14-26(38)41)13-12-25(47-4)36-22-15-21-24(46-3)16-35(44,27(22)28(21)48-5)37(45,33(36)40)30(49-6)29(34)36/h8-11,19,21-22,24-25,27-30,33,44-45H,7,12-18H2,1-6H3,(H2,38,41)(H,39,42)/t19-,21-,22+,24+,25-,27-,28+,29+,30+,33-,34-,35-,36+,37-/m1/s1. The molecule has 5 saturated carbocycles. The van der Waals surface area contributed by atoms with E-state index in [2.05, 4.69) is 17.1 Å². The van der Waals surface area contributed by atoms with E-state index in [0.29, 0.717) is 25.9 Å². The number of fused-ring (bicyclic) bond motifs is 2. The van der Waals surface area contributed by atoms with Crippen LogP contribution in [0.15, 0.2) is 24.3 Å². The molecule has 50 heavy (non-hydrogen) atoms. The average Bonchev–Trinajstić information content (AvgIpc) is 3.52. The highest BCUT2D eigenvalue weighted by Gasteiger charge is 2.91. The van der Waals surface area contributed by atoms with E-state index in [1.165, 1.54) is 0 Å². The van der Waals surface area contributed by atoms with Gasteiger partial charge in [0.05, 0.1) is 48.3 Å². The highest BCUT2D eigenvalue weighted by atomic mass is 16.5. The number of hydrogen-bond donors (Lipinski definition) is 4. The fraction of sp³-hybridized carbons (Fsp3) is 0.757. The molecule has 276 valence electrons. The first-order valence-corrected chi connectivity index (χ1v) is 18.0. The number of aliphatic hydroxyl groups is 2. The third-order valence-corrected chi connectivity index (χ3v) is 14.2. The van der Waals surface area contributed by atoms with Crippen LogP contribution in [0.4, 0.5) is 5.69 Å². The Hall–Kier alpha value is -2.65. The van der Waals surface area contributed by atoms with Gasteiger partial charge < -0.3 is 44.9 Å². The number of nitrogens with two attached hydrogens (primary N) is 1. The average molecular weight is 700 g/mol. The number of piperidine rings is 1. The maximum atomic E-state index is 14.0. The summed E-state index contributed by atoms with van der Waals surface area (Å²) in [7, 11) is 6.69. The van der Waals surface area contributed by atoms with E-state index in [0.717, 1.165) is 6.42 Å². The Balaban J connectivity index is 1.29. The zero-order valence-electron chi connectivity index (χ0n) is 29.9. The van der Waals surface area contributed by atoms with Gasteiger partial charge in [-0.1, -0.05) is 26.0 Å². The van der Waals surface area contributed by atoms with Gasteiger partial charge in [-0.15, -0.1) is 0 Å². The molecule has 1 heterocycles. The highest BCUT2D eigenvalue weighted by Crippen LogP contribution is 2.80. The molecule has 6 aliphatic rings. The zero-order chi connectivity index (χ0) is 36.0. The first-order chi connectivity index (χ1) is 23.8. The van der Waals surface area contributed by atoms with Gasteiger partial charge in [0.2, 0.25) is 11.8 Å². The van der Waals surface area contributed by atoms with Crippen LogP contribution in [-0.2, 0) is 33.3 Å². The summed E-state index contributed by atoms with van der Waals surface area (Å²) in [5, 5.41) is 29.3. The fourth-order valence-corrected chi connectivity index (χ4v) is 12.7. The lowest BCUT2D eigenvalue weighted by atomic mass is 9.42. The van der Waals surface area contributed by atoms with Gasteiger partial charge in [0.1, 0.15) is 11.2 Å². The van der Waals surface area contributed by atoms with Gasteiger partial charge in [-0.05, 0) is 43.9 Å². The van der Waals surface area contributed by atoms with Crippen molar-refractivity contribution in [3.63, 3.8) is 0 Å². The van der Waals surface area contributed by atoms with Crippen molar-refractivity contribution in [1.82, 2.24) is 4.90 Å². The summed E-state index contributed by atoms with van der Waals surface area (Å²) in [6.07, 6.45) is 0.586. The number of nitrogens with one attached hydrogen (secondary N) is 1. The number of likely N-dealkylation sites (tertiary alicyclic amines) is 1. The lowest BCUT2D eigenvalue weighted by Gasteiger charge is -2.70. The van der Waals surface area contributed by atoms with Gasteiger partial charge in [0.15, 0.2) is 0 Å². The molecule has 5 N–H and O–H groups in total. The minimum Gasteiger partial charge on any atom is -0.461 e. The zero-order valence-corrected chi connectivity index (χ0v) is 29.9. The van der Waals surface area contributed by atoms with Crippen LogP contribution >= 0.6 is 0 Å². The van der Waals surface area contributed by atoms with E-state index in [1.54, 1.807) is 59.6 Å². The third-order valence-electron chi connectivity index (χ3n) is 14.2. The first-order valence-electron chi connectivity index (χ1n) is 18.0. The third kappa shape index (κ3) is 4.46. The maximum absolute atomic E-state index is 14.0. The Bertz CT molecular complexity index is 1530. The largest absolute Gasteiger partial charge is 0.461 e. The number of esters is 1. The Kier molecular flexibility index (Phi) is 8.93. The molecule has 0 aromatic heterocycles. The van der Waals surface area contributed by atoms with E-state index in [-0.39, 0.29) is 72.7 Å². The smallest absolute Gasteiger partial charge is 0.340 e. The monoisotopic (exact) mass is 699 g/mol. The number of nitrogens with zero attached hydrogens (tertiary/aromatic N) is 1. The van der Waals surface area contributed by atoms with Gasteiger partial charge in [-0.3, -0.25) is 14.5 Å². The minimum absolute atomic E-state index is 0.0402.